The summed E-state index contributed by atoms with van der Waals surface area (Å²) in [5.74, 6) is -0.438. The van der Waals surface area contributed by atoms with Gasteiger partial charge in [0.25, 0.3) is 0 Å². The molecule has 3 rings (SSSR count). The molecule has 1 aromatic rings. The Morgan fingerprint density at radius 3 is 2.63 bits per heavy atom. The second kappa shape index (κ2) is 7.16. The predicted octanol–water partition coefficient (Wildman–Crippen LogP) is 3.39. The van der Waals surface area contributed by atoms with E-state index in [1.807, 2.05) is 19.9 Å². The van der Waals surface area contributed by atoms with Crippen LogP contribution in [-0.4, -0.2) is 28.9 Å². The Balaban J connectivity index is 2.29. The van der Waals surface area contributed by atoms with Crippen LogP contribution in [0.4, 0.5) is 0 Å². The van der Waals surface area contributed by atoms with Crippen molar-refractivity contribution in [3.8, 4) is 6.07 Å². The summed E-state index contributed by atoms with van der Waals surface area (Å²) in [6.07, 6.45) is 1.45. The Hall–Kier alpha value is -2.06. The van der Waals surface area contributed by atoms with Crippen LogP contribution < -0.4 is 0 Å². The third-order valence-corrected chi connectivity index (χ3v) is 6.39. The van der Waals surface area contributed by atoms with Crippen LogP contribution in [0.3, 0.4) is 0 Å². The maximum absolute atomic E-state index is 13.3. The zero-order valence-electron chi connectivity index (χ0n) is 15.9. The highest BCUT2D eigenvalue weighted by Crippen LogP contribution is 2.62. The molecule has 1 fully saturated rings. The van der Waals surface area contributed by atoms with Crippen molar-refractivity contribution < 1.29 is 14.6 Å². The molecule has 1 saturated carbocycles. The van der Waals surface area contributed by atoms with E-state index in [4.69, 9.17) is 17.0 Å². The largest absolute Gasteiger partial charge is 0.464 e. The van der Waals surface area contributed by atoms with Gasteiger partial charge in [0.15, 0.2) is 5.54 Å². The van der Waals surface area contributed by atoms with Crippen LogP contribution >= 0.6 is 12.2 Å². The maximum Gasteiger partial charge on any atom is 0.340 e. The van der Waals surface area contributed by atoms with E-state index in [-0.39, 0.29) is 18.4 Å². The lowest BCUT2D eigenvalue weighted by Crippen LogP contribution is -2.54. The number of hydrogen-bond acceptors (Lipinski definition) is 6. The van der Waals surface area contributed by atoms with Crippen LogP contribution in [0.5, 0.6) is 0 Å². The molecule has 3 unspecified atom stereocenters. The van der Waals surface area contributed by atoms with Gasteiger partial charge in [-0.2, -0.15) is 5.26 Å². The van der Waals surface area contributed by atoms with E-state index in [1.54, 1.807) is 19.1 Å². The Labute approximate surface area is 165 Å². The van der Waals surface area contributed by atoms with Crippen LogP contribution in [0.15, 0.2) is 23.2 Å². The summed E-state index contributed by atoms with van der Waals surface area (Å²) in [5, 5.41) is 22.3. The van der Waals surface area contributed by atoms with Crippen LogP contribution in [0, 0.1) is 28.6 Å². The quantitative estimate of drug-likeness (QED) is 0.491. The van der Waals surface area contributed by atoms with Gasteiger partial charge in [0.1, 0.15) is 0 Å². The van der Waals surface area contributed by atoms with Gasteiger partial charge in [0.2, 0.25) is 0 Å². The van der Waals surface area contributed by atoms with Crippen LogP contribution in [0.25, 0.3) is 0 Å². The number of esters is 1. The topological polar surface area (TPSA) is 82.7 Å². The fraction of sp³-hybridized carbons (Fsp3) is 0.571. The number of hydrogen-bond donors (Lipinski definition) is 1. The summed E-state index contributed by atoms with van der Waals surface area (Å²) in [6, 6.07) is 7.54. The SMILES string of the molecule is CCOC(=O)C1(N=C=S)c2cc(C#N)ccc2CC12CC(C)C(O)C(C)C2. The van der Waals surface area contributed by atoms with E-state index < -0.39 is 23.0 Å². The number of thiocarbonyl (C=S) groups is 1. The number of benzene rings is 1. The zero-order chi connectivity index (χ0) is 19.8. The molecule has 2 aliphatic carbocycles. The number of carbonyl (C=O) groups is 1. The second-order valence-electron chi connectivity index (χ2n) is 7.93. The van der Waals surface area contributed by atoms with Crippen molar-refractivity contribution >= 4 is 23.3 Å². The fourth-order valence-electron chi connectivity index (χ4n) is 5.33. The summed E-state index contributed by atoms with van der Waals surface area (Å²) in [4.78, 5) is 17.8. The number of rotatable bonds is 3. The van der Waals surface area contributed by atoms with E-state index >= 15 is 0 Å². The Morgan fingerprint density at radius 2 is 2.07 bits per heavy atom. The van der Waals surface area contributed by atoms with E-state index in [2.05, 4.69) is 16.2 Å². The minimum absolute atomic E-state index is 0.00706. The zero-order valence-corrected chi connectivity index (χ0v) is 16.7. The number of isothiocyanates is 1. The third-order valence-electron chi connectivity index (χ3n) is 6.30. The summed E-state index contributed by atoms with van der Waals surface area (Å²) < 4.78 is 5.47. The number of nitrogens with zero attached hydrogens (tertiary/aromatic N) is 2. The van der Waals surface area contributed by atoms with Crippen LogP contribution in [0.2, 0.25) is 0 Å². The number of fused-ring (bicyclic) bond motifs is 1. The van der Waals surface area contributed by atoms with Crippen molar-refractivity contribution in [1.29, 1.82) is 5.26 Å². The molecule has 0 saturated heterocycles. The second-order valence-corrected chi connectivity index (χ2v) is 8.11. The Bertz CT molecular complexity index is 843. The number of aliphatic imine (C=N–C) groups is 1. The molecule has 2 aliphatic rings. The Kier molecular flexibility index (Phi) is 5.22. The molecule has 6 heteroatoms. The predicted molar refractivity (Wildman–Crippen MR) is 104 cm³/mol. The van der Waals surface area contributed by atoms with Crippen molar-refractivity contribution in [2.24, 2.45) is 22.2 Å². The first-order chi connectivity index (χ1) is 12.8. The highest BCUT2D eigenvalue weighted by molar-refractivity contribution is 7.78. The minimum atomic E-state index is -1.32. The number of aliphatic hydroxyl groups is 1. The molecule has 1 N–H and O–H groups in total. The van der Waals surface area contributed by atoms with Gasteiger partial charge in [-0.1, -0.05) is 19.9 Å². The van der Waals surface area contributed by atoms with Crippen LogP contribution in [0.1, 0.15) is 50.3 Å². The van der Waals surface area contributed by atoms with Gasteiger partial charge in [0.05, 0.1) is 29.5 Å². The van der Waals surface area contributed by atoms with Gasteiger partial charge >= 0.3 is 5.97 Å². The molecule has 0 aromatic heterocycles. The number of ether oxygens (including phenoxy) is 1. The molecule has 0 amide bonds. The molecule has 142 valence electrons. The van der Waals surface area contributed by atoms with Gasteiger partial charge in [-0.3, -0.25) is 0 Å². The molecule has 1 spiro atoms. The molecule has 0 radical (unpaired) electrons. The van der Waals surface area contributed by atoms with E-state index in [1.165, 1.54) is 0 Å². The molecule has 27 heavy (non-hydrogen) atoms. The highest BCUT2D eigenvalue weighted by atomic mass is 32.1. The summed E-state index contributed by atoms with van der Waals surface area (Å²) in [6.45, 7) is 5.99. The lowest BCUT2D eigenvalue weighted by Gasteiger charge is -2.49. The van der Waals surface area contributed by atoms with E-state index in [0.29, 0.717) is 30.4 Å². The molecule has 0 heterocycles. The van der Waals surface area contributed by atoms with Gasteiger partial charge in [-0.15, -0.1) is 0 Å². The van der Waals surface area contributed by atoms with E-state index in [0.717, 1.165) is 5.56 Å². The summed E-state index contributed by atoms with van der Waals surface area (Å²) >= 11 is 4.95. The average molecular weight is 385 g/mol. The van der Waals surface area contributed by atoms with Crippen LogP contribution in [-0.2, 0) is 21.5 Å². The standard InChI is InChI=1S/C21H24N2O3S/c1-4-26-19(25)21(23-12-27)17-7-15(11-22)5-6-16(17)10-20(21)8-13(2)18(24)14(3)9-20/h5-7,13-14,18,24H,4,8-10H2,1-3H3. The normalized spacial score (nSPS) is 34.4. The molecule has 0 aliphatic heterocycles. The van der Waals surface area contributed by atoms with Crippen molar-refractivity contribution in [1.82, 2.24) is 0 Å². The first kappa shape index (κ1) is 19.7. The van der Waals surface area contributed by atoms with Crippen molar-refractivity contribution in [2.75, 3.05) is 6.61 Å². The third kappa shape index (κ3) is 2.82. The fourth-order valence-corrected chi connectivity index (χ4v) is 5.47. The smallest absolute Gasteiger partial charge is 0.340 e. The van der Waals surface area contributed by atoms with Gasteiger partial charge in [0, 0.05) is 5.41 Å². The van der Waals surface area contributed by atoms with Crippen molar-refractivity contribution in [3.05, 3.63) is 34.9 Å². The van der Waals surface area contributed by atoms with Gasteiger partial charge in [-0.25, -0.2) is 9.79 Å². The summed E-state index contributed by atoms with van der Waals surface area (Å²) in [7, 11) is 0. The lowest BCUT2D eigenvalue weighted by molar-refractivity contribution is -0.160. The first-order valence-electron chi connectivity index (χ1n) is 9.33. The molecule has 5 nitrogen and oxygen atoms in total. The van der Waals surface area contributed by atoms with E-state index in [9.17, 15) is 15.2 Å². The number of aliphatic hydroxyl groups excluding tert-OH is 1. The molecule has 3 atom stereocenters. The lowest BCUT2D eigenvalue weighted by atomic mass is 9.56. The molecule has 0 bridgehead atoms. The summed E-state index contributed by atoms with van der Waals surface area (Å²) in [5.41, 5.74) is 0.255. The number of nitriles is 1. The van der Waals surface area contributed by atoms with Gasteiger partial charge in [-0.05, 0) is 73.5 Å². The maximum atomic E-state index is 13.3. The first-order valence-corrected chi connectivity index (χ1v) is 9.74. The molecular formula is C21H24N2O3S. The highest BCUT2D eigenvalue weighted by Gasteiger charge is 2.66. The molecule has 1 aromatic carbocycles. The number of carbonyl (C=O) groups excluding carboxylic acids is 1. The Morgan fingerprint density at radius 1 is 1.41 bits per heavy atom. The van der Waals surface area contributed by atoms with Gasteiger partial charge < -0.3 is 9.84 Å². The molecular weight excluding hydrogens is 360 g/mol. The van der Waals surface area contributed by atoms with Crippen molar-refractivity contribution in [2.45, 2.75) is 51.7 Å². The minimum Gasteiger partial charge on any atom is -0.464 e. The van der Waals surface area contributed by atoms with Crippen molar-refractivity contribution in [3.63, 3.8) is 0 Å². The average Bonchev–Trinajstić information content (AvgIpc) is 2.89. The monoisotopic (exact) mass is 384 g/mol.